The predicted octanol–water partition coefficient (Wildman–Crippen LogP) is 4.63. The van der Waals surface area contributed by atoms with Crippen molar-refractivity contribution in [3.8, 4) is 0 Å². The lowest BCUT2D eigenvalue weighted by atomic mass is 10.2. The highest BCUT2D eigenvalue weighted by atomic mass is 35.5. The Bertz CT molecular complexity index is 463. The second kappa shape index (κ2) is 4.86. The highest BCUT2D eigenvalue weighted by Gasteiger charge is 2.00. The fourth-order valence-corrected chi connectivity index (χ4v) is 2.20. The van der Waals surface area contributed by atoms with Crippen molar-refractivity contribution in [1.82, 2.24) is 0 Å². The summed E-state index contributed by atoms with van der Waals surface area (Å²) in [5.41, 5.74) is 9.36. The maximum atomic E-state index is 5.93. The zero-order valence-electron chi connectivity index (χ0n) is 9.30. The maximum Gasteiger partial charge on any atom is 0.0441 e. The first kappa shape index (κ1) is 12.1. The lowest BCUT2D eigenvalue weighted by Gasteiger charge is -2.09. The number of nitrogen functional groups attached to an aromatic ring is 1. The van der Waals surface area contributed by atoms with Crippen molar-refractivity contribution in [3.05, 3.63) is 52.0 Å². The van der Waals surface area contributed by atoms with E-state index in [4.69, 9.17) is 28.9 Å². The molecule has 2 aromatic rings. The van der Waals surface area contributed by atoms with Crippen LogP contribution in [0.3, 0.4) is 0 Å². The zero-order chi connectivity index (χ0) is 12.4. The van der Waals surface area contributed by atoms with Gasteiger partial charge >= 0.3 is 0 Å². The molecular weight excluding hydrogens is 255 g/mol. The smallest absolute Gasteiger partial charge is 0.0441 e. The molecule has 2 nitrogen and oxygen atoms in total. The van der Waals surface area contributed by atoms with E-state index in [0.717, 1.165) is 22.6 Å². The Morgan fingerprint density at radius 1 is 0.882 bits per heavy atom. The molecule has 0 bridgehead atoms. The van der Waals surface area contributed by atoms with Crippen molar-refractivity contribution >= 4 is 40.3 Å². The summed E-state index contributed by atoms with van der Waals surface area (Å²) in [7, 11) is 0. The van der Waals surface area contributed by atoms with Gasteiger partial charge in [-0.3, -0.25) is 0 Å². The molecule has 0 aliphatic rings. The van der Waals surface area contributed by atoms with Gasteiger partial charge in [0.25, 0.3) is 0 Å². The summed E-state index contributed by atoms with van der Waals surface area (Å²) in [6.45, 7) is 1.99. The van der Waals surface area contributed by atoms with E-state index in [2.05, 4.69) is 5.32 Å². The van der Waals surface area contributed by atoms with E-state index in [0.29, 0.717) is 10.0 Å². The van der Waals surface area contributed by atoms with Crippen LogP contribution in [0.5, 0.6) is 0 Å². The average molecular weight is 267 g/mol. The molecule has 0 spiro atoms. The Balaban J connectivity index is 2.31. The molecule has 0 saturated heterocycles. The van der Waals surface area contributed by atoms with Gasteiger partial charge in [-0.2, -0.15) is 0 Å². The van der Waals surface area contributed by atoms with Crippen molar-refractivity contribution in [2.75, 3.05) is 11.1 Å². The standard InChI is InChI=1S/C13H12Cl2N2/c1-8-2-11(16)7-12(3-8)17-13-5-9(14)4-10(15)6-13/h2-7,17H,16H2,1H3. The number of benzene rings is 2. The first-order valence-corrected chi connectivity index (χ1v) is 5.89. The molecule has 0 unspecified atom stereocenters. The van der Waals surface area contributed by atoms with Crippen molar-refractivity contribution < 1.29 is 0 Å². The van der Waals surface area contributed by atoms with Crippen LogP contribution in [-0.4, -0.2) is 0 Å². The number of hydrogen-bond donors (Lipinski definition) is 2. The third-order valence-corrected chi connectivity index (χ3v) is 2.69. The van der Waals surface area contributed by atoms with Crippen molar-refractivity contribution in [1.29, 1.82) is 0 Å². The maximum absolute atomic E-state index is 5.93. The molecule has 0 atom stereocenters. The fourth-order valence-electron chi connectivity index (χ4n) is 1.68. The summed E-state index contributed by atoms with van der Waals surface area (Å²) in [5, 5.41) is 4.41. The molecule has 17 heavy (non-hydrogen) atoms. The SMILES string of the molecule is Cc1cc(N)cc(Nc2cc(Cl)cc(Cl)c2)c1. The van der Waals surface area contributed by atoms with Crippen LogP contribution in [-0.2, 0) is 0 Å². The number of aryl methyl sites for hydroxylation is 1. The second-order valence-corrected chi connectivity index (χ2v) is 4.79. The second-order valence-electron chi connectivity index (χ2n) is 3.92. The lowest BCUT2D eigenvalue weighted by molar-refractivity contribution is 1.45. The van der Waals surface area contributed by atoms with Crippen LogP contribution in [0.1, 0.15) is 5.56 Å². The van der Waals surface area contributed by atoms with E-state index in [-0.39, 0.29) is 0 Å². The highest BCUT2D eigenvalue weighted by Crippen LogP contribution is 2.26. The van der Waals surface area contributed by atoms with Gasteiger partial charge in [-0.05, 0) is 48.9 Å². The molecule has 0 radical (unpaired) electrons. The molecule has 0 heterocycles. The van der Waals surface area contributed by atoms with E-state index >= 15 is 0 Å². The minimum absolute atomic E-state index is 0.598. The van der Waals surface area contributed by atoms with E-state index in [9.17, 15) is 0 Å². The number of nitrogens with one attached hydrogen (secondary N) is 1. The summed E-state index contributed by atoms with van der Waals surface area (Å²) in [6, 6.07) is 11.1. The van der Waals surface area contributed by atoms with E-state index < -0.39 is 0 Å². The quantitative estimate of drug-likeness (QED) is 0.778. The summed E-state index contributed by atoms with van der Waals surface area (Å²) in [6.07, 6.45) is 0. The van der Waals surface area contributed by atoms with Gasteiger partial charge in [0.15, 0.2) is 0 Å². The van der Waals surface area contributed by atoms with Crippen LogP contribution in [0.25, 0.3) is 0 Å². The summed E-state index contributed by atoms with van der Waals surface area (Å²) in [5.74, 6) is 0. The molecule has 4 heteroatoms. The molecule has 0 amide bonds. The molecule has 3 N–H and O–H groups in total. The first-order chi connectivity index (χ1) is 8.02. The Morgan fingerprint density at radius 3 is 2.06 bits per heavy atom. The van der Waals surface area contributed by atoms with Gasteiger partial charge in [0.2, 0.25) is 0 Å². The van der Waals surface area contributed by atoms with Crippen LogP contribution < -0.4 is 11.1 Å². The van der Waals surface area contributed by atoms with Crippen molar-refractivity contribution in [2.45, 2.75) is 6.92 Å². The highest BCUT2D eigenvalue weighted by molar-refractivity contribution is 6.35. The summed E-state index contributed by atoms with van der Waals surface area (Å²) in [4.78, 5) is 0. The lowest BCUT2D eigenvalue weighted by Crippen LogP contribution is -1.93. The van der Waals surface area contributed by atoms with Crippen LogP contribution in [0.15, 0.2) is 36.4 Å². The Hall–Kier alpha value is -1.38. The van der Waals surface area contributed by atoms with Gasteiger partial charge in [0.1, 0.15) is 0 Å². The van der Waals surface area contributed by atoms with Crippen LogP contribution in [0.2, 0.25) is 10.0 Å². The zero-order valence-corrected chi connectivity index (χ0v) is 10.8. The minimum atomic E-state index is 0.598. The fraction of sp³-hybridized carbons (Fsp3) is 0.0769. The predicted molar refractivity (Wildman–Crippen MR) is 75.3 cm³/mol. The third kappa shape index (κ3) is 3.29. The van der Waals surface area contributed by atoms with Gasteiger partial charge in [-0.25, -0.2) is 0 Å². The molecule has 0 aliphatic heterocycles. The number of rotatable bonds is 2. The van der Waals surface area contributed by atoms with Crippen LogP contribution in [0.4, 0.5) is 17.1 Å². The van der Waals surface area contributed by atoms with Gasteiger partial charge in [0.05, 0.1) is 0 Å². The Kier molecular flexibility index (Phi) is 3.46. The molecule has 88 valence electrons. The molecule has 0 saturated carbocycles. The number of anilines is 3. The minimum Gasteiger partial charge on any atom is -0.399 e. The molecule has 0 aromatic heterocycles. The first-order valence-electron chi connectivity index (χ1n) is 5.13. The van der Waals surface area contributed by atoms with Gasteiger partial charge in [-0.15, -0.1) is 0 Å². The average Bonchev–Trinajstić information content (AvgIpc) is 2.13. The number of halogens is 2. The topological polar surface area (TPSA) is 38.0 Å². The number of hydrogen-bond acceptors (Lipinski definition) is 2. The largest absolute Gasteiger partial charge is 0.399 e. The van der Waals surface area contributed by atoms with Gasteiger partial charge < -0.3 is 11.1 Å². The summed E-state index contributed by atoms with van der Waals surface area (Å²) >= 11 is 11.9. The van der Waals surface area contributed by atoms with Crippen LogP contribution in [0, 0.1) is 6.92 Å². The van der Waals surface area contributed by atoms with E-state index in [1.165, 1.54) is 0 Å². The molecule has 0 aliphatic carbocycles. The van der Waals surface area contributed by atoms with Gasteiger partial charge in [0, 0.05) is 27.1 Å². The molecule has 2 rings (SSSR count). The Labute approximate surface area is 110 Å². The monoisotopic (exact) mass is 266 g/mol. The van der Waals surface area contributed by atoms with E-state index in [1.54, 1.807) is 6.07 Å². The van der Waals surface area contributed by atoms with E-state index in [1.807, 2.05) is 37.3 Å². The van der Waals surface area contributed by atoms with Crippen molar-refractivity contribution in [2.24, 2.45) is 0 Å². The third-order valence-electron chi connectivity index (χ3n) is 2.25. The van der Waals surface area contributed by atoms with Crippen molar-refractivity contribution in [3.63, 3.8) is 0 Å². The molecule has 2 aromatic carbocycles. The van der Waals surface area contributed by atoms with Gasteiger partial charge in [-0.1, -0.05) is 23.2 Å². The normalized spacial score (nSPS) is 10.3. The number of nitrogens with two attached hydrogens (primary N) is 1. The Morgan fingerprint density at radius 2 is 1.47 bits per heavy atom. The van der Waals surface area contributed by atoms with Crippen LogP contribution >= 0.6 is 23.2 Å². The summed E-state index contributed by atoms with van der Waals surface area (Å²) < 4.78 is 0. The molecular formula is C13H12Cl2N2. The molecule has 0 fully saturated rings.